The van der Waals surface area contributed by atoms with E-state index in [9.17, 15) is 5.11 Å². The van der Waals surface area contributed by atoms with Gasteiger partial charge in [-0.05, 0) is 55.3 Å². The molecule has 130 valence electrons. The normalized spacial score (nSPS) is 12.4. The van der Waals surface area contributed by atoms with Gasteiger partial charge in [0.2, 0.25) is 0 Å². The van der Waals surface area contributed by atoms with Crippen molar-refractivity contribution in [1.29, 1.82) is 0 Å². The van der Waals surface area contributed by atoms with E-state index in [1.54, 1.807) is 7.11 Å². The molecule has 0 amide bonds. The molecular weight excluding hydrogens is 298 g/mol. The van der Waals surface area contributed by atoms with E-state index in [1.807, 2.05) is 36.4 Å². The van der Waals surface area contributed by atoms with Crippen molar-refractivity contribution in [2.75, 3.05) is 27.2 Å². The zero-order valence-electron chi connectivity index (χ0n) is 15.0. The summed E-state index contributed by atoms with van der Waals surface area (Å²) in [4.78, 5) is 2.29. The lowest BCUT2D eigenvalue weighted by Crippen LogP contribution is -2.22. The largest absolute Gasteiger partial charge is 0.497 e. The van der Waals surface area contributed by atoms with E-state index in [4.69, 9.17) is 4.74 Å². The lowest BCUT2D eigenvalue weighted by molar-refractivity contribution is 0.149. The smallest absolute Gasteiger partial charge is 0.118 e. The highest BCUT2D eigenvalue weighted by molar-refractivity contribution is 5.64. The van der Waals surface area contributed by atoms with Crippen LogP contribution in [0.4, 0.5) is 0 Å². The van der Waals surface area contributed by atoms with Crippen molar-refractivity contribution in [3.8, 4) is 16.9 Å². The first-order chi connectivity index (χ1) is 11.6. The average molecular weight is 327 g/mol. The Bertz CT molecular complexity index is 592. The second-order valence-electron chi connectivity index (χ2n) is 6.31. The third-order valence-electron chi connectivity index (χ3n) is 4.40. The highest BCUT2D eigenvalue weighted by atomic mass is 16.5. The van der Waals surface area contributed by atoms with Crippen molar-refractivity contribution in [3.63, 3.8) is 0 Å². The Balaban J connectivity index is 1.92. The van der Waals surface area contributed by atoms with Gasteiger partial charge in [-0.3, -0.25) is 0 Å². The molecule has 0 saturated carbocycles. The van der Waals surface area contributed by atoms with Crippen LogP contribution in [-0.4, -0.2) is 37.3 Å². The van der Waals surface area contributed by atoms with Crippen LogP contribution < -0.4 is 4.74 Å². The van der Waals surface area contributed by atoms with Gasteiger partial charge in [-0.1, -0.05) is 49.7 Å². The zero-order valence-corrected chi connectivity index (χ0v) is 15.0. The standard InChI is InChI=1S/C21H29NO2/c1-4-5-15-22(2)16-14-21(23)19-8-6-17(7-9-19)18-10-12-20(24-3)13-11-18/h6-13,21,23H,4-5,14-16H2,1-3H3. The fourth-order valence-corrected chi connectivity index (χ4v) is 2.73. The molecule has 2 rings (SSSR count). The van der Waals surface area contributed by atoms with E-state index in [0.29, 0.717) is 0 Å². The second-order valence-corrected chi connectivity index (χ2v) is 6.31. The second kappa shape index (κ2) is 9.45. The third kappa shape index (κ3) is 5.36. The van der Waals surface area contributed by atoms with Crippen LogP contribution in [0.2, 0.25) is 0 Å². The molecule has 0 aromatic heterocycles. The molecule has 1 unspecified atom stereocenters. The topological polar surface area (TPSA) is 32.7 Å². The molecule has 3 nitrogen and oxygen atoms in total. The number of methoxy groups -OCH3 is 1. The average Bonchev–Trinajstić information content (AvgIpc) is 2.64. The van der Waals surface area contributed by atoms with Gasteiger partial charge in [0.1, 0.15) is 5.75 Å². The predicted octanol–water partition coefficient (Wildman–Crippen LogP) is 4.52. The Morgan fingerprint density at radius 3 is 2.08 bits per heavy atom. The van der Waals surface area contributed by atoms with Gasteiger partial charge in [0, 0.05) is 6.54 Å². The minimum absolute atomic E-state index is 0.404. The fraction of sp³-hybridized carbons (Fsp3) is 0.429. The van der Waals surface area contributed by atoms with Crippen molar-refractivity contribution < 1.29 is 9.84 Å². The van der Waals surface area contributed by atoms with Crippen LogP contribution in [0.5, 0.6) is 5.75 Å². The number of hydrogen-bond acceptors (Lipinski definition) is 3. The van der Waals surface area contributed by atoms with Crippen molar-refractivity contribution in [1.82, 2.24) is 4.90 Å². The van der Waals surface area contributed by atoms with Crippen LogP contribution >= 0.6 is 0 Å². The summed E-state index contributed by atoms with van der Waals surface area (Å²) in [7, 11) is 3.79. The number of benzene rings is 2. The predicted molar refractivity (Wildman–Crippen MR) is 100 cm³/mol. The highest BCUT2D eigenvalue weighted by Crippen LogP contribution is 2.25. The number of rotatable bonds is 9. The van der Waals surface area contributed by atoms with Gasteiger partial charge < -0.3 is 14.7 Å². The van der Waals surface area contributed by atoms with E-state index in [1.165, 1.54) is 12.8 Å². The van der Waals surface area contributed by atoms with Gasteiger partial charge in [0.05, 0.1) is 13.2 Å². The first-order valence-electron chi connectivity index (χ1n) is 8.75. The third-order valence-corrected chi connectivity index (χ3v) is 4.40. The van der Waals surface area contributed by atoms with Gasteiger partial charge in [0.25, 0.3) is 0 Å². The van der Waals surface area contributed by atoms with Crippen molar-refractivity contribution in [2.45, 2.75) is 32.3 Å². The maximum atomic E-state index is 10.4. The molecule has 0 aliphatic carbocycles. The molecule has 1 atom stereocenters. The van der Waals surface area contributed by atoms with E-state index < -0.39 is 6.10 Å². The Hall–Kier alpha value is -1.84. The number of nitrogens with zero attached hydrogens (tertiary/aromatic N) is 1. The van der Waals surface area contributed by atoms with Crippen LogP contribution in [0.15, 0.2) is 48.5 Å². The van der Waals surface area contributed by atoms with E-state index in [0.717, 1.165) is 42.0 Å². The Kier molecular flexibility index (Phi) is 7.29. The Morgan fingerprint density at radius 2 is 1.54 bits per heavy atom. The van der Waals surface area contributed by atoms with Gasteiger partial charge in [-0.25, -0.2) is 0 Å². The highest BCUT2D eigenvalue weighted by Gasteiger charge is 2.09. The number of aliphatic hydroxyl groups excluding tert-OH is 1. The molecule has 0 radical (unpaired) electrons. The van der Waals surface area contributed by atoms with Gasteiger partial charge in [-0.15, -0.1) is 0 Å². The van der Waals surface area contributed by atoms with Crippen LogP contribution in [0.3, 0.4) is 0 Å². The van der Waals surface area contributed by atoms with Crippen LogP contribution in [0, 0.1) is 0 Å². The monoisotopic (exact) mass is 327 g/mol. The van der Waals surface area contributed by atoms with E-state index >= 15 is 0 Å². The Labute approximate surface area is 145 Å². The molecular formula is C21H29NO2. The minimum Gasteiger partial charge on any atom is -0.497 e. The molecule has 0 fully saturated rings. The summed E-state index contributed by atoms with van der Waals surface area (Å²) in [5.41, 5.74) is 3.28. The van der Waals surface area contributed by atoms with E-state index in [-0.39, 0.29) is 0 Å². The lowest BCUT2D eigenvalue weighted by atomic mass is 10.0. The summed E-state index contributed by atoms with van der Waals surface area (Å²) in [6, 6.07) is 16.2. The minimum atomic E-state index is -0.404. The van der Waals surface area contributed by atoms with E-state index in [2.05, 4.69) is 31.0 Å². The summed E-state index contributed by atoms with van der Waals surface area (Å²) < 4.78 is 5.19. The number of aliphatic hydroxyl groups is 1. The van der Waals surface area contributed by atoms with Crippen LogP contribution in [0.1, 0.15) is 37.9 Å². The molecule has 24 heavy (non-hydrogen) atoms. The van der Waals surface area contributed by atoms with Gasteiger partial charge in [-0.2, -0.15) is 0 Å². The van der Waals surface area contributed by atoms with Gasteiger partial charge >= 0.3 is 0 Å². The molecule has 0 heterocycles. The molecule has 2 aromatic rings. The molecule has 2 aromatic carbocycles. The first-order valence-corrected chi connectivity index (χ1v) is 8.75. The molecule has 0 spiro atoms. The lowest BCUT2D eigenvalue weighted by Gasteiger charge is -2.19. The molecule has 3 heteroatoms. The number of ether oxygens (including phenoxy) is 1. The molecule has 0 aliphatic rings. The maximum absolute atomic E-state index is 10.4. The summed E-state index contributed by atoms with van der Waals surface area (Å²) in [5, 5.41) is 10.4. The van der Waals surface area contributed by atoms with Gasteiger partial charge in [0.15, 0.2) is 0 Å². The quantitative estimate of drug-likeness (QED) is 0.735. The first kappa shape index (κ1) is 18.5. The van der Waals surface area contributed by atoms with Crippen molar-refractivity contribution in [2.24, 2.45) is 0 Å². The summed E-state index contributed by atoms with van der Waals surface area (Å²) in [6.07, 6.45) is 2.78. The molecule has 0 bridgehead atoms. The summed E-state index contributed by atoms with van der Waals surface area (Å²) >= 11 is 0. The number of hydrogen-bond donors (Lipinski definition) is 1. The van der Waals surface area contributed by atoms with Crippen LogP contribution in [-0.2, 0) is 0 Å². The fourth-order valence-electron chi connectivity index (χ4n) is 2.73. The SMILES string of the molecule is CCCCN(C)CCC(O)c1ccc(-c2ccc(OC)cc2)cc1. The maximum Gasteiger partial charge on any atom is 0.118 e. The summed E-state index contributed by atoms with van der Waals surface area (Å²) in [5.74, 6) is 0.859. The number of unbranched alkanes of at least 4 members (excludes halogenated alkanes) is 1. The molecule has 0 saturated heterocycles. The van der Waals surface area contributed by atoms with Crippen LogP contribution in [0.25, 0.3) is 11.1 Å². The van der Waals surface area contributed by atoms with Crippen molar-refractivity contribution in [3.05, 3.63) is 54.1 Å². The van der Waals surface area contributed by atoms with Crippen molar-refractivity contribution >= 4 is 0 Å². The Morgan fingerprint density at radius 1 is 0.958 bits per heavy atom. The summed E-state index contributed by atoms with van der Waals surface area (Å²) in [6.45, 7) is 4.22. The molecule has 0 aliphatic heterocycles. The molecule has 1 N–H and O–H groups in total. The zero-order chi connectivity index (χ0) is 17.4.